The number of anilines is 1. The van der Waals surface area contributed by atoms with Gasteiger partial charge >= 0.3 is 0 Å². The lowest BCUT2D eigenvalue weighted by Gasteiger charge is -2.01. The Morgan fingerprint density at radius 1 is 1.67 bits per heavy atom. The molecule has 0 aliphatic rings. The molecule has 0 aromatic carbocycles. The highest BCUT2D eigenvalue weighted by Gasteiger charge is 2.10. The summed E-state index contributed by atoms with van der Waals surface area (Å²) in [6.07, 6.45) is 1.45. The second-order valence-corrected chi connectivity index (χ2v) is 2.22. The van der Waals surface area contributed by atoms with Gasteiger partial charge in [-0.05, 0) is 6.92 Å². The summed E-state index contributed by atoms with van der Waals surface area (Å²) in [5.74, 6) is 4.43. The van der Waals surface area contributed by atoms with Crippen molar-refractivity contribution in [2.24, 2.45) is 5.84 Å². The zero-order valence-electron chi connectivity index (χ0n) is 6.53. The summed E-state index contributed by atoms with van der Waals surface area (Å²) in [5.41, 5.74) is 8.03. The highest BCUT2D eigenvalue weighted by Crippen LogP contribution is 2.04. The number of hydrogen-bond donors (Lipinski definition) is 3. The number of nitrogens with zero attached hydrogens (tertiary/aromatic N) is 2. The number of aryl methyl sites for hydroxylation is 1. The fraction of sp³-hybridized carbons (Fsp3) is 0.167. The van der Waals surface area contributed by atoms with Crippen LogP contribution in [-0.2, 0) is 0 Å². The van der Waals surface area contributed by atoms with Crippen LogP contribution in [0.3, 0.4) is 0 Å². The summed E-state index contributed by atoms with van der Waals surface area (Å²) in [4.78, 5) is 18.5. The van der Waals surface area contributed by atoms with Gasteiger partial charge in [0.25, 0.3) is 5.91 Å². The van der Waals surface area contributed by atoms with E-state index in [0.717, 1.165) is 0 Å². The SMILES string of the molecule is Cc1cnc(C(=O)NN)c(N)n1. The highest BCUT2D eigenvalue weighted by atomic mass is 16.2. The van der Waals surface area contributed by atoms with Gasteiger partial charge in [0.05, 0.1) is 5.69 Å². The smallest absolute Gasteiger partial charge is 0.287 e. The minimum Gasteiger partial charge on any atom is -0.382 e. The Balaban J connectivity index is 3.09. The van der Waals surface area contributed by atoms with E-state index in [-0.39, 0.29) is 11.5 Å². The van der Waals surface area contributed by atoms with Gasteiger partial charge in [0.15, 0.2) is 11.5 Å². The quantitative estimate of drug-likeness (QED) is 0.281. The summed E-state index contributed by atoms with van der Waals surface area (Å²) >= 11 is 0. The van der Waals surface area contributed by atoms with Crippen molar-refractivity contribution in [2.45, 2.75) is 6.92 Å². The molecule has 12 heavy (non-hydrogen) atoms. The predicted octanol–water partition coefficient (Wildman–Crippen LogP) is -1.03. The summed E-state index contributed by atoms with van der Waals surface area (Å²) in [7, 11) is 0. The third kappa shape index (κ3) is 1.48. The maximum absolute atomic E-state index is 10.9. The Morgan fingerprint density at radius 3 is 2.83 bits per heavy atom. The van der Waals surface area contributed by atoms with Crippen LogP contribution in [0.1, 0.15) is 16.2 Å². The van der Waals surface area contributed by atoms with Crippen molar-refractivity contribution in [3.05, 3.63) is 17.6 Å². The number of nitrogens with one attached hydrogen (secondary N) is 1. The lowest BCUT2D eigenvalue weighted by Crippen LogP contribution is -2.31. The number of nitrogens with two attached hydrogens (primary N) is 2. The first kappa shape index (κ1) is 8.41. The Hall–Kier alpha value is -1.69. The van der Waals surface area contributed by atoms with Crippen molar-refractivity contribution in [1.29, 1.82) is 0 Å². The maximum Gasteiger partial charge on any atom is 0.287 e. The molecular weight excluding hydrogens is 158 g/mol. The maximum atomic E-state index is 10.9. The van der Waals surface area contributed by atoms with Gasteiger partial charge in [-0.25, -0.2) is 15.8 Å². The van der Waals surface area contributed by atoms with Gasteiger partial charge in [0, 0.05) is 6.20 Å². The van der Waals surface area contributed by atoms with Crippen LogP contribution in [0.15, 0.2) is 6.20 Å². The first-order valence-electron chi connectivity index (χ1n) is 3.25. The van der Waals surface area contributed by atoms with Crippen molar-refractivity contribution in [3.8, 4) is 0 Å². The zero-order chi connectivity index (χ0) is 9.14. The summed E-state index contributed by atoms with van der Waals surface area (Å²) in [5, 5.41) is 0. The van der Waals surface area contributed by atoms with Crippen LogP contribution in [0.4, 0.5) is 5.82 Å². The van der Waals surface area contributed by atoms with E-state index >= 15 is 0 Å². The minimum atomic E-state index is -0.542. The number of carbonyl (C=O) groups excluding carboxylic acids is 1. The molecule has 1 rings (SSSR count). The molecule has 0 fully saturated rings. The third-order valence-corrected chi connectivity index (χ3v) is 1.27. The molecular formula is C6H9N5O. The van der Waals surface area contributed by atoms with E-state index < -0.39 is 5.91 Å². The molecule has 6 nitrogen and oxygen atoms in total. The number of carbonyl (C=O) groups is 1. The zero-order valence-corrected chi connectivity index (χ0v) is 6.53. The Bertz CT molecular complexity index is 311. The Morgan fingerprint density at radius 2 is 2.33 bits per heavy atom. The highest BCUT2D eigenvalue weighted by molar-refractivity contribution is 5.95. The average molecular weight is 167 g/mol. The van der Waals surface area contributed by atoms with E-state index in [0.29, 0.717) is 5.69 Å². The summed E-state index contributed by atoms with van der Waals surface area (Å²) < 4.78 is 0. The van der Waals surface area contributed by atoms with Crippen LogP contribution >= 0.6 is 0 Å². The van der Waals surface area contributed by atoms with Gasteiger partial charge in [-0.1, -0.05) is 0 Å². The van der Waals surface area contributed by atoms with Crippen LogP contribution in [0.25, 0.3) is 0 Å². The number of hydrogen-bond acceptors (Lipinski definition) is 5. The van der Waals surface area contributed by atoms with Crippen LogP contribution in [0.2, 0.25) is 0 Å². The second kappa shape index (κ2) is 3.14. The summed E-state index contributed by atoms with van der Waals surface area (Å²) in [6.45, 7) is 1.73. The van der Waals surface area contributed by atoms with E-state index in [9.17, 15) is 4.79 Å². The molecule has 0 saturated carbocycles. The van der Waals surface area contributed by atoms with Crippen molar-refractivity contribution in [2.75, 3.05) is 5.73 Å². The molecule has 0 aliphatic heterocycles. The van der Waals surface area contributed by atoms with Gasteiger partial charge in [-0.2, -0.15) is 0 Å². The van der Waals surface area contributed by atoms with Crippen LogP contribution in [0, 0.1) is 6.92 Å². The number of aromatic nitrogens is 2. The normalized spacial score (nSPS) is 9.50. The monoisotopic (exact) mass is 167 g/mol. The van der Waals surface area contributed by atoms with Gasteiger partial charge in [-0.15, -0.1) is 0 Å². The molecule has 6 heteroatoms. The van der Waals surface area contributed by atoms with Crippen LogP contribution in [-0.4, -0.2) is 15.9 Å². The standard InChI is InChI=1S/C6H9N5O/c1-3-2-9-4(5(7)10-3)6(12)11-8/h2H,8H2,1H3,(H2,7,10)(H,11,12). The molecule has 5 N–H and O–H groups in total. The van der Waals surface area contributed by atoms with Crippen molar-refractivity contribution >= 4 is 11.7 Å². The molecule has 64 valence electrons. The molecule has 0 atom stereocenters. The predicted molar refractivity (Wildman–Crippen MR) is 42.8 cm³/mol. The summed E-state index contributed by atoms with van der Waals surface area (Å²) in [6, 6.07) is 0. The molecule has 0 unspecified atom stereocenters. The topological polar surface area (TPSA) is 107 Å². The van der Waals surface area contributed by atoms with E-state index in [1.165, 1.54) is 6.20 Å². The Labute approximate surface area is 69.0 Å². The van der Waals surface area contributed by atoms with Gasteiger partial charge in [0.1, 0.15) is 0 Å². The molecule has 0 saturated heterocycles. The van der Waals surface area contributed by atoms with E-state index in [1.807, 2.05) is 5.43 Å². The van der Waals surface area contributed by atoms with E-state index in [1.54, 1.807) is 6.92 Å². The minimum absolute atomic E-state index is 0.0445. The van der Waals surface area contributed by atoms with Gasteiger partial charge in [-0.3, -0.25) is 10.2 Å². The van der Waals surface area contributed by atoms with Gasteiger partial charge in [0.2, 0.25) is 0 Å². The number of rotatable bonds is 1. The van der Waals surface area contributed by atoms with E-state index in [4.69, 9.17) is 11.6 Å². The van der Waals surface area contributed by atoms with Crippen LogP contribution < -0.4 is 17.0 Å². The van der Waals surface area contributed by atoms with Crippen LogP contribution in [0.5, 0.6) is 0 Å². The lowest BCUT2D eigenvalue weighted by atomic mass is 10.3. The fourth-order valence-electron chi connectivity index (χ4n) is 0.739. The molecule has 0 aliphatic carbocycles. The first-order valence-corrected chi connectivity index (χ1v) is 3.25. The third-order valence-electron chi connectivity index (χ3n) is 1.27. The van der Waals surface area contributed by atoms with Gasteiger partial charge < -0.3 is 5.73 Å². The molecule has 0 radical (unpaired) electrons. The van der Waals surface area contributed by atoms with Crippen molar-refractivity contribution in [1.82, 2.24) is 15.4 Å². The molecule has 1 amide bonds. The first-order chi connectivity index (χ1) is 5.65. The molecule has 1 aromatic heterocycles. The second-order valence-electron chi connectivity index (χ2n) is 2.22. The fourth-order valence-corrected chi connectivity index (χ4v) is 0.739. The van der Waals surface area contributed by atoms with E-state index in [2.05, 4.69) is 9.97 Å². The Kier molecular flexibility index (Phi) is 2.20. The number of hydrazine groups is 1. The molecule has 1 heterocycles. The largest absolute Gasteiger partial charge is 0.382 e. The lowest BCUT2D eigenvalue weighted by molar-refractivity contribution is 0.0949. The number of nitrogen functional groups attached to an aromatic ring is 2. The molecule has 1 aromatic rings. The van der Waals surface area contributed by atoms with Crippen molar-refractivity contribution < 1.29 is 4.79 Å². The average Bonchev–Trinajstić information content (AvgIpc) is 2.03. The molecule has 0 spiro atoms. The van der Waals surface area contributed by atoms with Crippen molar-refractivity contribution in [3.63, 3.8) is 0 Å². The number of amides is 1. The molecule has 0 bridgehead atoms.